The Kier molecular flexibility index (Phi) is 6.70. The van der Waals surface area contributed by atoms with Crippen molar-refractivity contribution in [2.45, 2.75) is 25.5 Å². The van der Waals surface area contributed by atoms with Crippen molar-refractivity contribution < 1.29 is 32.2 Å². The number of fused-ring (bicyclic) bond motifs is 1. The Hall–Kier alpha value is -3.76. The molecule has 1 saturated heterocycles. The van der Waals surface area contributed by atoms with Gasteiger partial charge in [0.25, 0.3) is 5.91 Å². The summed E-state index contributed by atoms with van der Waals surface area (Å²) < 4.78 is 47.0. The third kappa shape index (κ3) is 5.01. The monoisotopic (exact) mass is 545 g/mol. The smallest absolute Gasteiger partial charge is 0.462 e. The number of likely N-dealkylation sites (tertiary alicyclic amines) is 1. The van der Waals surface area contributed by atoms with Crippen LogP contribution in [0.2, 0.25) is 5.02 Å². The summed E-state index contributed by atoms with van der Waals surface area (Å²) in [5, 5.41) is 4.05. The SMILES string of the molecule is CCOC(=O)c1ccc2c(c1)NC1(CN(Cc3ccccc3Cl)C1)N(c1ccc(OC(F)(F)F)cc1)C2=O. The molecule has 2 heterocycles. The average Bonchev–Trinajstić information content (AvgIpc) is 2.84. The van der Waals surface area contributed by atoms with E-state index in [9.17, 15) is 22.8 Å². The van der Waals surface area contributed by atoms with E-state index in [4.69, 9.17) is 16.3 Å². The Morgan fingerprint density at radius 3 is 2.45 bits per heavy atom. The summed E-state index contributed by atoms with van der Waals surface area (Å²) in [5.41, 5.74) is 1.52. The summed E-state index contributed by atoms with van der Waals surface area (Å²) in [6, 6.07) is 17.3. The third-order valence-electron chi connectivity index (χ3n) is 6.41. The van der Waals surface area contributed by atoms with Gasteiger partial charge in [0.15, 0.2) is 0 Å². The molecule has 3 aromatic carbocycles. The van der Waals surface area contributed by atoms with Crippen molar-refractivity contribution in [2.24, 2.45) is 0 Å². The summed E-state index contributed by atoms with van der Waals surface area (Å²) in [6.45, 7) is 3.25. The number of carbonyl (C=O) groups excluding carboxylic acids is 2. The van der Waals surface area contributed by atoms with Crippen LogP contribution in [0.15, 0.2) is 66.7 Å². The molecule has 0 radical (unpaired) electrons. The summed E-state index contributed by atoms with van der Waals surface area (Å²) in [7, 11) is 0. The zero-order valence-electron chi connectivity index (χ0n) is 20.2. The van der Waals surface area contributed by atoms with Crippen LogP contribution >= 0.6 is 11.6 Å². The second-order valence-corrected chi connectivity index (χ2v) is 9.46. The van der Waals surface area contributed by atoms with Gasteiger partial charge >= 0.3 is 12.3 Å². The molecule has 1 N–H and O–H groups in total. The molecule has 11 heteroatoms. The second kappa shape index (κ2) is 9.85. The average molecular weight is 546 g/mol. The molecule has 5 rings (SSSR count). The molecule has 0 saturated carbocycles. The maximum atomic E-state index is 13.8. The van der Waals surface area contributed by atoms with Crippen molar-refractivity contribution in [3.8, 4) is 5.75 Å². The summed E-state index contributed by atoms with van der Waals surface area (Å²) in [5.74, 6) is -1.24. The normalized spacial score (nSPS) is 16.4. The molecule has 0 aromatic heterocycles. The first-order valence-corrected chi connectivity index (χ1v) is 12.2. The van der Waals surface area contributed by atoms with Crippen molar-refractivity contribution >= 4 is 34.9 Å². The number of benzene rings is 3. The van der Waals surface area contributed by atoms with Gasteiger partial charge < -0.3 is 14.8 Å². The first kappa shape index (κ1) is 25.9. The maximum Gasteiger partial charge on any atom is 0.573 e. The van der Waals surface area contributed by atoms with E-state index in [1.54, 1.807) is 24.0 Å². The van der Waals surface area contributed by atoms with Gasteiger partial charge in [-0.15, -0.1) is 13.2 Å². The highest BCUT2D eigenvalue weighted by atomic mass is 35.5. The number of ether oxygens (including phenoxy) is 2. The fourth-order valence-electron chi connectivity index (χ4n) is 4.85. The largest absolute Gasteiger partial charge is 0.573 e. The van der Waals surface area contributed by atoms with Crippen LogP contribution < -0.4 is 15.0 Å². The van der Waals surface area contributed by atoms with E-state index in [0.717, 1.165) is 5.56 Å². The van der Waals surface area contributed by atoms with E-state index in [1.807, 2.05) is 18.2 Å². The topological polar surface area (TPSA) is 71.1 Å². The Balaban J connectivity index is 1.48. The molecule has 38 heavy (non-hydrogen) atoms. The lowest BCUT2D eigenvalue weighted by Gasteiger charge is -2.58. The van der Waals surface area contributed by atoms with Crippen molar-refractivity contribution in [1.82, 2.24) is 4.90 Å². The predicted molar refractivity (Wildman–Crippen MR) is 135 cm³/mol. The number of anilines is 2. The highest BCUT2D eigenvalue weighted by molar-refractivity contribution is 6.31. The van der Waals surface area contributed by atoms with Crippen LogP contribution in [-0.2, 0) is 11.3 Å². The standard InChI is InChI=1S/C27H23ClF3N3O4/c1-2-37-25(36)17-7-12-21-23(13-17)32-26(15-33(16-26)14-18-5-3-4-6-22(18)28)34(24(21)35)19-8-10-20(11-9-19)38-27(29,30)31/h3-13,32H,2,14-16H2,1H3. The van der Waals surface area contributed by atoms with Gasteiger partial charge in [0.1, 0.15) is 11.4 Å². The molecular weight excluding hydrogens is 523 g/mol. The van der Waals surface area contributed by atoms with Crippen LogP contribution in [0.5, 0.6) is 5.75 Å². The molecule has 2 aliphatic heterocycles. The highest BCUT2D eigenvalue weighted by Crippen LogP contribution is 2.42. The molecule has 0 aliphatic carbocycles. The number of alkyl halides is 3. The molecule has 0 unspecified atom stereocenters. The minimum atomic E-state index is -4.83. The Morgan fingerprint density at radius 1 is 1.08 bits per heavy atom. The number of halogens is 4. The van der Waals surface area contributed by atoms with E-state index < -0.39 is 18.0 Å². The van der Waals surface area contributed by atoms with Crippen LogP contribution in [0, 0.1) is 0 Å². The maximum absolute atomic E-state index is 13.8. The molecule has 2 aliphatic rings. The van der Waals surface area contributed by atoms with Crippen LogP contribution in [-0.4, -0.2) is 48.5 Å². The second-order valence-electron chi connectivity index (χ2n) is 9.06. The van der Waals surface area contributed by atoms with Crippen molar-refractivity contribution in [3.63, 3.8) is 0 Å². The Labute approximate surface area is 221 Å². The van der Waals surface area contributed by atoms with Crippen LogP contribution in [0.3, 0.4) is 0 Å². The number of rotatable bonds is 6. The third-order valence-corrected chi connectivity index (χ3v) is 6.78. The number of carbonyl (C=O) groups is 2. The van der Waals surface area contributed by atoms with Crippen LogP contribution in [0.4, 0.5) is 24.5 Å². The van der Waals surface area contributed by atoms with E-state index in [2.05, 4.69) is 15.0 Å². The molecule has 1 fully saturated rings. The van der Waals surface area contributed by atoms with Crippen molar-refractivity contribution in [1.29, 1.82) is 0 Å². The number of hydrogen-bond donors (Lipinski definition) is 1. The molecule has 7 nitrogen and oxygen atoms in total. The Morgan fingerprint density at radius 2 is 1.79 bits per heavy atom. The molecule has 1 spiro atoms. The molecule has 198 valence electrons. The zero-order chi connectivity index (χ0) is 27.1. The van der Waals surface area contributed by atoms with Crippen LogP contribution in [0.25, 0.3) is 0 Å². The van der Waals surface area contributed by atoms with Crippen molar-refractivity contribution in [3.05, 3.63) is 88.4 Å². The molecule has 1 amide bonds. The molecule has 3 aromatic rings. The lowest BCUT2D eigenvalue weighted by Crippen LogP contribution is -2.76. The van der Waals surface area contributed by atoms with E-state index in [1.165, 1.54) is 36.4 Å². The first-order valence-electron chi connectivity index (χ1n) is 11.8. The fraction of sp³-hybridized carbons (Fsp3) is 0.259. The predicted octanol–water partition coefficient (Wildman–Crippen LogP) is 5.70. The Bertz CT molecular complexity index is 1370. The summed E-state index contributed by atoms with van der Waals surface area (Å²) in [6.07, 6.45) is -4.83. The van der Waals surface area contributed by atoms with Crippen molar-refractivity contribution in [2.75, 3.05) is 29.9 Å². The molecule has 0 bridgehead atoms. The minimum Gasteiger partial charge on any atom is -0.462 e. The van der Waals surface area contributed by atoms with Gasteiger partial charge in [-0.25, -0.2) is 4.79 Å². The number of esters is 1. The van der Waals surface area contributed by atoms with Crippen LogP contribution in [0.1, 0.15) is 33.2 Å². The zero-order valence-corrected chi connectivity index (χ0v) is 21.0. The van der Waals surface area contributed by atoms with Gasteiger partial charge in [0.05, 0.1) is 17.7 Å². The number of nitrogens with one attached hydrogen (secondary N) is 1. The number of hydrogen-bond acceptors (Lipinski definition) is 6. The molecular formula is C27H23ClF3N3O4. The number of nitrogens with zero attached hydrogens (tertiary/aromatic N) is 2. The highest BCUT2D eigenvalue weighted by Gasteiger charge is 2.53. The fourth-order valence-corrected chi connectivity index (χ4v) is 5.05. The quantitative estimate of drug-likeness (QED) is 0.401. The summed E-state index contributed by atoms with van der Waals surface area (Å²) >= 11 is 6.33. The first-order chi connectivity index (χ1) is 18.1. The summed E-state index contributed by atoms with van der Waals surface area (Å²) in [4.78, 5) is 29.7. The van der Waals surface area contributed by atoms with Gasteiger partial charge in [0.2, 0.25) is 0 Å². The number of amides is 1. The van der Waals surface area contributed by atoms with Gasteiger partial charge in [-0.05, 0) is 61.0 Å². The molecule has 0 atom stereocenters. The van der Waals surface area contributed by atoms with Gasteiger partial charge in [0, 0.05) is 36.0 Å². The minimum absolute atomic E-state index is 0.213. The van der Waals surface area contributed by atoms with Gasteiger partial charge in [-0.2, -0.15) is 0 Å². The van der Waals surface area contributed by atoms with E-state index >= 15 is 0 Å². The lowest BCUT2D eigenvalue weighted by atomic mass is 9.90. The van der Waals surface area contributed by atoms with E-state index in [0.29, 0.717) is 47.2 Å². The van der Waals surface area contributed by atoms with Gasteiger partial charge in [-0.1, -0.05) is 29.8 Å². The lowest BCUT2D eigenvalue weighted by molar-refractivity contribution is -0.274. The van der Waals surface area contributed by atoms with Gasteiger partial charge in [-0.3, -0.25) is 14.6 Å². The van der Waals surface area contributed by atoms with E-state index in [-0.39, 0.29) is 18.3 Å².